The number of hydrogen-bond donors (Lipinski definition) is 1. The van der Waals surface area contributed by atoms with E-state index >= 15 is 0 Å². The van der Waals surface area contributed by atoms with Gasteiger partial charge in [-0.15, -0.1) is 13.2 Å². The first-order valence-corrected chi connectivity index (χ1v) is 15.1. The summed E-state index contributed by atoms with van der Waals surface area (Å²) in [6, 6.07) is 15.3. The molecule has 2 heterocycles. The van der Waals surface area contributed by atoms with Crippen LogP contribution in [0.1, 0.15) is 58.5 Å². The second-order valence-corrected chi connectivity index (χ2v) is 10.4. The van der Waals surface area contributed by atoms with E-state index in [1.807, 2.05) is 46.8 Å². The number of pyridine rings is 1. The molecule has 3 rings (SSSR count). The molecular formula is C34H53N5S. The molecule has 0 amide bonds. The molecule has 2 aromatic rings. The Morgan fingerprint density at radius 3 is 2.08 bits per heavy atom. The lowest BCUT2D eigenvalue weighted by Crippen LogP contribution is -2.47. The largest absolute Gasteiger partial charge is 0.350 e. The number of nitrogens with zero attached hydrogens (tertiary/aromatic N) is 4. The molecule has 2 bridgehead atoms. The Bertz CT molecular complexity index is 1030. The van der Waals surface area contributed by atoms with Crippen molar-refractivity contribution < 1.29 is 0 Å². The van der Waals surface area contributed by atoms with E-state index in [9.17, 15) is 0 Å². The molecule has 0 saturated heterocycles. The van der Waals surface area contributed by atoms with E-state index in [2.05, 4.69) is 89.1 Å². The Morgan fingerprint density at radius 2 is 1.50 bits per heavy atom. The highest BCUT2D eigenvalue weighted by Gasteiger charge is 2.24. The smallest absolute Gasteiger partial charge is 0.0765 e. The third kappa shape index (κ3) is 13.1. The van der Waals surface area contributed by atoms with Crippen LogP contribution in [0.15, 0.2) is 79.9 Å². The van der Waals surface area contributed by atoms with Gasteiger partial charge >= 0.3 is 0 Å². The first kappa shape index (κ1) is 35.4. The molecule has 40 heavy (non-hydrogen) atoms. The maximum Gasteiger partial charge on any atom is 0.0765 e. The minimum atomic E-state index is 0.297. The number of fused-ring (bicyclic) bond motifs is 2. The average molecular weight is 564 g/mol. The van der Waals surface area contributed by atoms with Crippen LogP contribution >= 0.6 is 12.2 Å². The molecule has 0 saturated carbocycles. The normalized spacial score (nSPS) is 16.5. The summed E-state index contributed by atoms with van der Waals surface area (Å²) >= 11 is 5.20. The fourth-order valence-electron chi connectivity index (χ4n) is 4.75. The van der Waals surface area contributed by atoms with Gasteiger partial charge in [-0.2, -0.15) is 0 Å². The Morgan fingerprint density at radius 1 is 0.925 bits per heavy atom. The lowest BCUT2D eigenvalue weighted by Gasteiger charge is -2.37. The Labute approximate surface area is 250 Å². The van der Waals surface area contributed by atoms with Crippen molar-refractivity contribution in [2.75, 3.05) is 44.6 Å². The summed E-state index contributed by atoms with van der Waals surface area (Å²) in [4.78, 5) is 13.3. The van der Waals surface area contributed by atoms with Gasteiger partial charge in [0.1, 0.15) is 0 Å². The second kappa shape index (κ2) is 20.3. The van der Waals surface area contributed by atoms with Crippen molar-refractivity contribution in [3.8, 4) is 0 Å². The molecule has 220 valence electrons. The summed E-state index contributed by atoms with van der Waals surface area (Å²) in [5.74, 6) is 0. The standard InChI is InChI=1S/C30H41N5S.2C2H6/c1-6-15-33-17-18-34(16-7-2)23-30(19-26-11-13-27(14-12-26)31-25(5)36)35(20-24(3)4)22-29-10-8-9-28(21-33)32-29;2*1-2/h6-14,30H,1-3,15-23H2,4-5H3,(H,31,36);2*1-2H3. The molecule has 1 aliphatic rings. The van der Waals surface area contributed by atoms with Gasteiger partial charge in [0.05, 0.1) is 16.4 Å². The maximum absolute atomic E-state index is 5.20. The van der Waals surface area contributed by atoms with E-state index in [0.717, 1.165) is 86.4 Å². The van der Waals surface area contributed by atoms with Crippen LogP contribution in [0.5, 0.6) is 0 Å². The van der Waals surface area contributed by atoms with Gasteiger partial charge in [0.15, 0.2) is 0 Å². The van der Waals surface area contributed by atoms with Crippen LogP contribution in [0.25, 0.3) is 0 Å². The summed E-state index contributed by atoms with van der Waals surface area (Å²) in [5, 5.41) is 3.23. The average Bonchev–Trinajstić information content (AvgIpc) is 2.93. The van der Waals surface area contributed by atoms with Crippen LogP contribution in [0.3, 0.4) is 0 Å². The number of aromatic nitrogens is 1. The van der Waals surface area contributed by atoms with Gasteiger partial charge in [-0.05, 0) is 50.1 Å². The third-order valence-electron chi connectivity index (χ3n) is 6.33. The highest BCUT2D eigenvalue weighted by Crippen LogP contribution is 2.19. The topological polar surface area (TPSA) is 34.6 Å². The van der Waals surface area contributed by atoms with Crippen LogP contribution in [0.2, 0.25) is 0 Å². The van der Waals surface area contributed by atoms with Gasteiger partial charge < -0.3 is 5.32 Å². The molecule has 0 aliphatic carbocycles. The van der Waals surface area contributed by atoms with E-state index in [1.165, 1.54) is 5.56 Å². The molecule has 1 aliphatic heterocycles. The monoisotopic (exact) mass is 563 g/mol. The molecule has 1 aromatic heterocycles. The minimum Gasteiger partial charge on any atom is -0.350 e. The number of hydrogen-bond acceptors (Lipinski definition) is 5. The zero-order chi connectivity index (χ0) is 29.9. The van der Waals surface area contributed by atoms with Crippen molar-refractivity contribution in [2.24, 2.45) is 0 Å². The molecular weight excluding hydrogens is 510 g/mol. The molecule has 0 spiro atoms. The lowest BCUT2D eigenvalue weighted by atomic mass is 10.0. The molecule has 0 fully saturated rings. The van der Waals surface area contributed by atoms with Crippen molar-refractivity contribution in [1.29, 1.82) is 0 Å². The summed E-state index contributed by atoms with van der Waals surface area (Å²) in [7, 11) is 0. The second-order valence-electron chi connectivity index (χ2n) is 9.79. The molecule has 1 aromatic carbocycles. The fourth-order valence-corrected chi connectivity index (χ4v) is 4.87. The van der Waals surface area contributed by atoms with Crippen molar-refractivity contribution in [3.05, 3.63) is 96.9 Å². The van der Waals surface area contributed by atoms with Crippen LogP contribution in [0, 0.1) is 0 Å². The number of benzene rings is 1. The molecule has 6 heteroatoms. The van der Waals surface area contributed by atoms with Crippen molar-refractivity contribution >= 4 is 22.9 Å². The van der Waals surface area contributed by atoms with Gasteiger partial charge in [0.25, 0.3) is 0 Å². The number of thiocarbonyl (C=S) groups is 1. The van der Waals surface area contributed by atoms with Gasteiger partial charge in [0, 0.05) is 64.1 Å². The quantitative estimate of drug-likeness (QED) is 0.253. The predicted molar refractivity (Wildman–Crippen MR) is 180 cm³/mol. The van der Waals surface area contributed by atoms with E-state index in [-0.39, 0.29) is 0 Å². The summed E-state index contributed by atoms with van der Waals surface area (Å²) in [6.45, 7) is 31.3. The lowest BCUT2D eigenvalue weighted by molar-refractivity contribution is 0.132. The van der Waals surface area contributed by atoms with Crippen molar-refractivity contribution in [2.45, 2.75) is 67.1 Å². The van der Waals surface area contributed by atoms with Gasteiger partial charge in [-0.1, -0.05) is 82.4 Å². The zero-order valence-electron chi connectivity index (χ0n) is 26.0. The highest BCUT2D eigenvalue weighted by atomic mass is 32.1. The van der Waals surface area contributed by atoms with Crippen LogP contribution in [-0.4, -0.2) is 70.0 Å². The number of anilines is 1. The summed E-state index contributed by atoms with van der Waals surface area (Å²) in [6.07, 6.45) is 4.94. The fraction of sp³-hybridized carbons (Fsp3) is 0.471. The zero-order valence-corrected chi connectivity index (χ0v) is 26.8. The van der Waals surface area contributed by atoms with Crippen molar-refractivity contribution in [3.63, 3.8) is 0 Å². The summed E-state index contributed by atoms with van der Waals surface area (Å²) < 4.78 is 0. The number of rotatable bonds is 9. The van der Waals surface area contributed by atoms with Gasteiger partial charge in [-0.25, -0.2) is 0 Å². The van der Waals surface area contributed by atoms with E-state index in [0.29, 0.717) is 6.04 Å². The Hall–Kier alpha value is -2.64. The van der Waals surface area contributed by atoms with E-state index in [1.54, 1.807) is 0 Å². The first-order chi connectivity index (χ1) is 19.4. The predicted octanol–water partition coefficient (Wildman–Crippen LogP) is 7.37. The molecule has 1 unspecified atom stereocenters. The third-order valence-corrected chi connectivity index (χ3v) is 6.43. The first-order valence-electron chi connectivity index (χ1n) is 14.7. The molecule has 0 radical (unpaired) electrons. The van der Waals surface area contributed by atoms with Crippen LogP contribution in [0.4, 0.5) is 5.69 Å². The highest BCUT2D eigenvalue weighted by molar-refractivity contribution is 7.80. The molecule has 1 N–H and O–H groups in total. The molecule has 5 nitrogen and oxygen atoms in total. The van der Waals surface area contributed by atoms with Crippen LogP contribution in [-0.2, 0) is 19.5 Å². The maximum atomic E-state index is 5.20. The van der Waals surface area contributed by atoms with E-state index < -0.39 is 0 Å². The SMILES string of the molecule is C=CCN1CCN(CC=C)CC(Cc2ccc(NC(C)=S)cc2)N(CC(=C)C)Cc2cccc(n2)C1.CC.CC. The summed E-state index contributed by atoms with van der Waals surface area (Å²) in [5.41, 5.74) is 5.70. The van der Waals surface area contributed by atoms with Crippen LogP contribution < -0.4 is 5.32 Å². The number of nitrogens with one attached hydrogen (secondary N) is 1. The van der Waals surface area contributed by atoms with E-state index in [4.69, 9.17) is 17.2 Å². The van der Waals surface area contributed by atoms with Gasteiger partial charge in [0.2, 0.25) is 0 Å². The Kier molecular flexibility index (Phi) is 17.9. The minimum absolute atomic E-state index is 0.297. The van der Waals surface area contributed by atoms with Crippen molar-refractivity contribution in [1.82, 2.24) is 19.7 Å². The van der Waals surface area contributed by atoms with Gasteiger partial charge in [-0.3, -0.25) is 19.7 Å². The molecule has 1 atom stereocenters. The Balaban J connectivity index is 0.00000191.